The van der Waals surface area contributed by atoms with E-state index in [2.05, 4.69) is 30.0 Å². The summed E-state index contributed by atoms with van der Waals surface area (Å²) < 4.78 is 0. The van der Waals surface area contributed by atoms with Crippen LogP contribution in [0.1, 0.15) is 39.5 Å². The standard InChI is InChI=1S/C16H24ClN3/c1-3-4-5-16-10-13(11-18-16)12(2)19-20-15-8-6-14(17)7-9-15/h6-9,16,18-20H,3-5,10-11H2,1-2H3. The van der Waals surface area contributed by atoms with E-state index in [0.717, 1.165) is 23.7 Å². The highest BCUT2D eigenvalue weighted by Crippen LogP contribution is 2.20. The molecular weight excluding hydrogens is 270 g/mol. The van der Waals surface area contributed by atoms with E-state index in [-0.39, 0.29) is 0 Å². The number of unbranched alkanes of at least 4 members (excludes halogenated alkanes) is 1. The first kappa shape index (κ1) is 15.2. The van der Waals surface area contributed by atoms with Crippen molar-refractivity contribution in [3.8, 4) is 0 Å². The van der Waals surface area contributed by atoms with Crippen molar-refractivity contribution in [2.75, 3.05) is 12.0 Å². The summed E-state index contributed by atoms with van der Waals surface area (Å²) in [5.74, 6) is 0. The van der Waals surface area contributed by atoms with Crippen LogP contribution in [0, 0.1) is 0 Å². The summed E-state index contributed by atoms with van der Waals surface area (Å²) in [6.45, 7) is 5.37. The molecule has 2 rings (SSSR count). The average molecular weight is 294 g/mol. The zero-order valence-electron chi connectivity index (χ0n) is 12.3. The zero-order chi connectivity index (χ0) is 14.4. The maximum Gasteiger partial charge on any atom is 0.0540 e. The van der Waals surface area contributed by atoms with Crippen molar-refractivity contribution < 1.29 is 0 Å². The van der Waals surface area contributed by atoms with E-state index in [1.54, 1.807) is 0 Å². The van der Waals surface area contributed by atoms with Crippen molar-refractivity contribution in [1.29, 1.82) is 0 Å². The summed E-state index contributed by atoms with van der Waals surface area (Å²) >= 11 is 5.87. The first-order chi connectivity index (χ1) is 9.69. The van der Waals surface area contributed by atoms with Crippen LogP contribution in [0.25, 0.3) is 0 Å². The Morgan fingerprint density at radius 2 is 2.10 bits per heavy atom. The van der Waals surface area contributed by atoms with Crippen LogP contribution in [0.2, 0.25) is 5.02 Å². The van der Waals surface area contributed by atoms with Crippen LogP contribution in [0.4, 0.5) is 5.69 Å². The lowest BCUT2D eigenvalue weighted by Crippen LogP contribution is -2.21. The number of nitrogens with one attached hydrogen (secondary N) is 3. The highest BCUT2D eigenvalue weighted by atomic mass is 35.5. The van der Waals surface area contributed by atoms with Gasteiger partial charge in [-0.1, -0.05) is 31.4 Å². The number of hydrogen-bond donors (Lipinski definition) is 3. The first-order valence-corrected chi connectivity index (χ1v) is 7.76. The second kappa shape index (κ2) is 7.55. The third-order valence-corrected chi connectivity index (χ3v) is 4.02. The fraction of sp³-hybridized carbons (Fsp3) is 0.500. The van der Waals surface area contributed by atoms with E-state index >= 15 is 0 Å². The van der Waals surface area contributed by atoms with Gasteiger partial charge in [-0.05, 0) is 49.6 Å². The van der Waals surface area contributed by atoms with Gasteiger partial charge in [0, 0.05) is 23.3 Å². The van der Waals surface area contributed by atoms with Gasteiger partial charge in [-0.2, -0.15) is 0 Å². The minimum Gasteiger partial charge on any atom is -0.310 e. The van der Waals surface area contributed by atoms with E-state index in [1.807, 2.05) is 24.3 Å². The van der Waals surface area contributed by atoms with Crippen LogP contribution in [0.15, 0.2) is 35.5 Å². The number of halogens is 1. The van der Waals surface area contributed by atoms with Gasteiger partial charge < -0.3 is 16.2 Å². The molecule has 1 aliphatic heterocycles. The number of rotatable bonds is 6. The molecule has 0 aliphatic carbocycles. The van der Waals surface area contributed by atoms with Crippen molar-refractivity contribution >= 4 is 17.3 Å². The summed E-state index contributed by atoms with van der Waals surface area (Å²) in [7, 11) is 0. The normalized spacial score (nSPS) is 20.9. The Bertz CT molecular complexity index is 453. The topological polar surface area (TPSA) is 36.1 Å². The maximum absolute atomic E-state index is 5.87. The molecule has 1 saturated heterocycles. The number of benzene rings is 1. The predicted octanol–water partition coefficient (Wildman–Crippen LogP) is 4.08. The summed E-state index contributed by atoms with van der Waals surface area (Å²) in [4.78, 5) is 0. The first-order valence-electron chi connectivity index (χ1n) is 7.38. The molecule has 3 nitrogen and oxygen atoms in total. The summed E-state index contributed by atoms with van der Waals surface area (Å²) in [5.41, 5.74) is 10.2. The fourth-order valence-electron chi connectivity index (χ4n) is 2.44. The van der Waals surface area contributed by atoms with Crippen molar-refractivity contribution in [2.24, 2.45) is 0 Å². The van der Waals surface area contributed by atoms with Gasteiger partial charge in [0.15, 0.2) is 0 Å². The molecule has 1 heterocycles. The molecule has 3 N–H and O–H groups in total. The summed E-state index contributed by atoms with van der Waals surface area (Å²) in [5, 5.41) is 4.34. The van der Waals surface area contributed by atoms with Gasteiger partial charge in [0.05, 0.1) is 5.69 Å². The molecule has 0 radical (unpaired) electrons. The van der Waals surface area contributed by atoms with Gasteiger partial charge in [-0.3, -0.25) is 0 Å². The lowest BCUT2D eigenvalue weighted by atomic mass is 10.1. The van der Waals surface area contributed by atoms with Gasteiger partial charge in [0.1, 0.15) is 0 Å². The van der Waals surface area contributed by atoms with Gasteiger partial charge in [-0.15, -0.1) is 0 Å². The predicted molar refractivity (Wildman–Crippen MR) is 86.8 cm³/mol. The highest BCUT2D eigenvalue weighted by Gasteiger charge is 2.19. The quantitative estimate of drug-likeness (QED) is 0.692. The Morgan fingerprint density at radius 1 is 1.35 bits per heavy atom. The average Bonchev–Trinajstić information content (AvgIpc) is 2.93. The summed E-state index contributed by atoms with van der Waals surface area (Å²) in [6, 6.07) is 8.34. The molecule has 1 aromatic carbocycles. The number of anilines is 1. The van der Waals surface area contributed by atoms with E-state index in [0.29, 0.717) is 6.04 Å². The third kappa shape index (κ3) is 4.43. The Kier molecular flexibility index (Phi) is 5.74. The van der Waals surface area contributed by atoms with Crippen molar-refractivity contribution in [3.63, 3.8) is 0 Å². The van der Waals surface area contributed by atoms with Crippen LogP contribution in [0.5, 0.6) is 0 Å². The molecule has 0 amide bonds. The van der Waals surface area contributed by atoms with Crippen LogP contribution in [-0.2, 0) is 0 Å². The molecule has 0 saturated carbocycles. The van der Waals surface area contributed by atoms with E-state index in [9.17, 15) is 0 Å². The van der Waals surface area contributed by atoms with Gasteiger partial charge in [0.2, 0.25) is 0 Å². The number of hydrogen-bond acceptors (Lipinski definition) is 3. The lowest BCUT2D eigenvalue weighted by Gasteiger charge is -2.12. The van der Waals surface area contributed by atoms with E-state index in [1.165, 1.54) is 30.5 Å². The molecule has 0 spiro atoms. The largest absolute Gasteiger partial charge is 0.310 e. The summed E-state index contributed by atoms with van der Waals surface area (Å²) in [6.07, 6.45) is 5.01. The van der Waals surface area contributed by atoms with Gasteiger partial charge >= 0.3 is 0 Å². The maximum atomic E-state index is 5.87. The monoisotopic (exact) mass is 293 g/mol. The molecular formula is C16H24ClN3. The molecule has 0 bridgehead atoms. The van der Waals surface area contributed by atoms with Crippen LogP contribution in [0.3, 0.4) is 0 Å². The van der Waals surface area contributed by atoms with Crippen LogP contribution >= 0.6 is 11.6 Å². The van der Waals surface area contributed by atoms with Gasteiger partial charge in [-0.25, -0.2) is 0 Å². The second-order valence-electron chi connectivity index (χ2n) is 5.41. The Morgan fingerprint density at radius 3 is 2.80 bits per heavy atom. The molecule has 110 valence electrons. The van der Waals surface area contributed by atoms with E-state index < -0.39 is 0 Å². The second-order valence-corrected chi connectivity index (χ2v) is 5.85. The van der Waals surface area contributed by atoms with Crippen LogP contribution < -0.4 is 16.2 Å². The minimum atomic E-state index is 0.650. The molecule has 1 aromatic rings. The fourth-order valence-corrected chi connectivity index (χ4v) is 2.56. The van der Waals surface area contributed by atoms with Crippen molar-refractivity contribution in [3.05, 3.63) is 40.6 Å². The van der Waals surface area contributed by atoms with Gasteiger partial charge in [0.25, 0.3) is 0 Å². The molecule has 1 unspecified atom stereocenters. The molecule has 20 heavy (non-hydrogen) atoms. The van der Waals surface area contributed by atoms with Crippen LogP contribution in [-0.4, -0.2) is 12.6 Å². The van der Waals surface area contributed by atoms with Crippen molar-refractivity contribution in [2.45, 2.75) is 45.6 Å². The smallest absolute Gasteiger partial charge is 0.0540 e. The molecule has 4 heteroatoms. The van der Waals surface area contributed by atoms with E-state index in [4.69, 9.17) is 11.6 Å². The molecule has 0 aromatic heterocycles. The SMILES string of the molecule is CCCCC1CC(=C(C)NNc2ccc(Cl)cc2)CN1. The highest BCUT2D eigenvalue weighted by molar-refractivity contribution is 6.30. The Hall–Kier alpha value is -1.19. The zero-order valence-corrected chi connectivity index (χ0v) is 13.1. The minimum absolute atomic E-state index is 0.650. The third-order valence-electron chi connectivity index (χ3n) is 3.77. The number of hydrazine groups is 1. The molecule has 1 fully saturated rings. The molecule has 1 aliphatic rings. The number of allylic oxidation sites excluding steroid dienone is 1. The van der Waals surface area contributed by atoms with Crippen molar-refractivity contribution in [1.82, 2.24) is 10.7 Å². The Labute approximate surface area is 126 Å². The lowest BCUT2D eigenvalue weighted by molar-refractivity contribution is 0.534. The Balaban J connectivity index is 1.83. The molecule has 1 atom stereocenters.